The molecule has 1 aromatic carbocycles. The van der Waals surface area contributed by atoms with Crippen molar-refractivity contribution >= 4 is 27.3 Å². The van der Waals surface area contributed by atoms with Gasteiger partial charge in [0.05, 0.1) is 0 Å². The smallest absolute Gasteiger partial charge is 0.0321 e. The predicted octanol–water partition coefficient (Wildman–Crippen LogP) is 4.71. The molecule has 1 unspecified atom stereocenters. The van der Waals surface area contributed by atoms with Crippen molar-refractivity contribution in [3.8, 4) is 0 Å². The Bertz CT molecular complexity index is 473. The Morgan fingerprint density at radius 3 is 2.78 bits per heavy atom. The second-order valence-electron chi connectivity index (χ2n) is 4.52. The molecule has 0 aliphatic heterocycles. The summed E-state index contributed by atoms with van der Waals surface area (Å²) < 4.78 is 1.16. The van der Waals surface area contributed by atoms with Gasteiger partial charge in [-0.25, -0.2) is 0 Å². The van der Waals surface area contributed by atoms with Crippen LogP contribution in [0, 0.1) is 6.92 Å². The first kappa shape index (κ1) is 13.8. The predicted molar refractivity (Wildman–Crippen MR) is 83.3 cm³/mol. The molecule has 0 saturated heterocycles. The van der Waals surface area contributed by atoms with Gasteiger partial charge < -0.3 is 5.32 Å². The first-order valence-electron chi connectivity index (χ1n) is 6.16. The van der Waals surface area contributed by atoms with Crippen molar-refractivity contribution in [2.45, 2.75) is 25.8 Å². The Morgan fingerprint density at radius 2 is 2.17 bits per heavy atom. The third kappa shape index (κ3) is 3.67. The van der Waals surface area contributed by atoms with E-state index in [-0.39, 0.29) is 0 Å². The number of aryl methyl sites for hydroxylation is 2. The maximum absolute atomic E-state index is 3.57. The van der Waals surface area contributed by atoms with E-state index >= 15 is 0 Å². The molecule has 1 heterocycles. The average Bonchev–Trinajstić information content (AvgIpc) is 2.81. The first-order chi connectivity index (χ1) is 8.69. The molecule has 0 bridgehead atoms. The molecule has 1 aromatic heterocycles. The minimum Gasteiger partial charge on any atom is -0.313 e. The summed E-state index contributed by atoms with van der Waals surface area (Å²) in [6.07, 6.45) is 2.27. The highest BCUT2D eigenvalue weighted by Crippen LogP contribution is 2.24. The van der Waals surface area contributed by atoms with E-state index in [0.717, 1.165) is 17.3 Å². The molecule has 18 heavy (non-hydrogen) atoms. The molecule has 2 aromatic rings. The third-order valence-corrected chi connectivity index (χ3v) is 4.47. The standard InChI is InChI=1S/C15H18BrNS/c1-11-8-12(10-13(16)9-11)15(17-2)6-5-14-4-3-7-18-14/h3-4,7-10,15,17H,5-6H2,1-2H3. The third-order valence-electron chi connectivity index (χ3n) is 3.07. The molecule has 3 heteroatoms. The maximum Gasteiger partial charge on any atom is 0.0321 e. The van der Waals surface area contributed by atoms with E-state index in [1.807, 2.05) is 18.4 Å². The van der Waals surface area contributed by atoms with Crippen molar-refractivity contribution in [3.05, 3.63) is 56.2 Å². The molecule has 1 N–H and O–H groups in total. The van der Waals surface area contributed by atoms with Crippen LogP contribution in [-0.4, -0.2) is 7.05 Å². The van der Waals surface area contributed by atoms with Crippen molar-refractivity contribution in [1.29, 1.82) is 0 Å². The van der Waals surface area contributed by atoms with Crippen molar-refractivity contribution in [1.82, 2.24) is 5.32 Å². The van der Waals surface area contributed by atoms with Crippen molar-refractivity contribution in [2.24, 2.45) is 0 Å². The fourth-order valence-corrected chi connectivity index (χ4v) is 3.54. The average molecular weight is 324 g/mol. The molecule has 96 valence electrons. The summed E-state index contributed by atoms with van der Waals surface area (Å²) in [6, 6.07) is 11.4. The number of rotatable bonds is 5. The number of halogens is 1. The molecule has 0 radical (unpaired) electrons. The highest BCUT2D eigenvalue weighted by molar-refractivity contribution is 9.10. The van der Waals surface area contributed by atoms with Crippen LogP contribution < -0.4 is 5.32 Å². The van der Waals surface area contributed by atoms with Gasteiger partial charge in [0.2, 0.25) is 0 Å². The molecule has 1 atom stereocenters. The van der Waals surface area contributed by atoms with Crippen LogP contribution in [-0.2, 0) is 6.42 Å². The van der Waals surface area contributed by atoms with E-state index in [1.165, 1.54) is 16.0 Å². The molecule has 0 fully saturated rings. The first-order valence-corrected chi connectivity index (χ1v) is 7.83. The lowest BCUT2D eigenvalue weighted by atomic mass is 10.00. The summed E-state index contributed by atoms with van der Waals surface area (Å²) in [6.45, 7) is 2.14. The van der Waals surface area contributed by atoms with E-state index in [9.17, 15) is 0 Å². The Labute approximate surface area is 121 Å². The summed E-state index contributed by atoms with van der Waals surface area (Å²) in [7, 11) is 2.04. The highest BCUT2D eigenvalue weighted by atomic mass is 79.9. The summed E-state index contributed by atoms with van der Waals surface area (Å²) in [5.74, 6) is 0. The lowest BCUT2D eigenvalue weighted by molar-refractivity contribution is 0.551. The van der Waals surface area contributed by atoms with Gasteiger partial charge in [-0.2, -0.15) is 0 Å². The van der Waals surface area contributed by atoms with E-state index in [0.29, 0.717) is 6.04 Å². The molecule has 2 rings (SSSR count). The van der Waals surface area contributed by atoms with Gasteiger partial charge in [-0.15, -0.1) is 11.3 Å². The van der Waals surface area contributed by atoms with Crippen LogP contribution in [0.3, 0.4) is 0 Å². The largest absolute Gasteiger partial charge is 0.313 e. The Morgan fingerprint density at radius 1 is 1.33 bits per heavy atom. The van der Waals surface area contributed by atoms with Crippen LogP contribution in [0.5, 0.6) is 0 Å². The van der Waals surface area contributed by atoms with Gasteiger partial charge in [-0.1, -0.05) is 28.1 Å². The van der Waals surface area contributed by atoms with Crippen molar-refractivity contribution in [2.75, 3.05) is 7.05 Å². The van der Waals surface area contributed by atoms with E-state index < -0.39 is 0 Å². The number of nitrogens with one attached hydrogen (secondary N) is 1. The number of thiophene rings is 1. The van der Waals surface area contributed by atoms with E-state index in [4.69, 9.17) is 0 Å². The minimum atomic E-state index is 0.420. The molecular formula is C15H18BrNS. The molecule has 0 aliphatic carbocycles. The van der Waals surface area contributed by atoms with Crippen LogP contribution in [0.25, 0.3) is 0 Å². The van der Waals surface area contributed by atoms with Crippen molar-refractivity contribution < 1.29 is 0 Å². The van der Waals surface area contributed by atoms with Gasteiger partial charge >= 0.3 is 0 Å². The Hall–Kier alpha value is -0.640. The zero-order chi connectivity index (χ0) is 13.0. The van der Waals surface area contributed by atoms with Gasteiger partial charge in [0, 0.05) is 15.4 Å². The quantitative estimate of drug-likeness (QED) is 0.840. The van der Waals surface area contributed by atoms with Gasteiger partial charge in [0.25, 0.3) is 0 Å². The normalized spacial score (nSPS) is 12.6. The lowest BCUT2D eigenvalue weighted by Gasteiger charge is -2.17. The SMILES string of the molecule is CNC(CCc1cccs1)c1cc(C)cc(Br)c1. The highest BCUT2D eigenvalue weighted by Gasteiger charge is 2.10. The molecule has 0 aliphatic rings. The van der Waals surface area contributed by atoms with Crippen LogP contribution >= 0.6 is 27.3 Å². The van der Waals surface area contributed by atoms with E-state index in [1.54, 1.807) is 0 Å². The molecule has 0 spiro atoms. The zero-order valence-corrected chi connectivity index (χ0v) is 13.1. The second-order valence-corrected chi connectivity index (χ2v) is 6.47. The van der Waals surface area contributed by atoms with Gasteiger partial charge in [-0.05, 0) is 61.5 Å². The summed E-state index contributed by atoms with van der Waals surface area (Å²) >= 11 is 5.41. The Balaban J connectivity index is 2.07. The van der Waals surface area contributed by atoms with Crippen LogP contribution in [0.2, 0.25) is 0 Å². The van der Waals surface area contributed by atoms with E-state index in [2.05, 4.69) is 63.9 Å². The summed E-state index contributed by atoms with van der Waals surface area (Å²) in [5, 5.41) is 5.56. The summed E-state index contributed by atoms with van der Waals surface area (Å²) in [5.41, 5.74) is 2.66. The summed E-state index contributed by atoms with van der Waals surface area (Å²) in [4.78, 5) is 1.46. The number of hydrogen-bond acceptors (Lipinski definition) is 2. The fraction of sp³-hybridized carbons (Fsp3) is 0.333. The van der Waals surface area contributed by atoms with Gasteiger partial charge in [0.15, 0.2) is 0 Å². The van der Waals surface area contributed by atoms with Gasteiger partial charge in [0.1, 0.15) is 0 Å². The molecule has 0 amide bonds. The van der Waals surface area contributed by atoms with Crippen LogP contribution in [0.4, 0.5) is 0 Å². The van der Waals surface area contributed by atoms with Crippen molar-refractivity contribution in [3.63, 3.8) is 0 Å². The minimum absolute atomic E-state index is 0.420. The zero-order valence-electron chi connectivity index (χ0n) is 10.7. The Kier molecular flexibility index (Phi) is 4.98. The lowest BCUT2D eigenvalue weighted by Crippen LogP contribution is -2.17. The number of benzene rings is 1. The van der Waals surface area contributed by atoms with Crippen LogP contribution in [0.15, 0.2) is 40.2 Å². The topological polar surface area (TPSA) is 12.0 Å². The second kappa shape index (κ2) is 6.50. The molecular weight excluding hydrogens is 306 g/mol. The monoisotopic (exact) mass is 323 g/mol. The number of hydrogen-bond donors (Lipinski definition) is 1. The van der Waals surface area contributed by atoms with Crippen LogP contribution in [0.1, 0.15) is 28.5 Å². The van der Waals surface area contributed by atoms with Gasteiger partial charge in [-0.3, -0.25) is 0 Å². The maximum atomic E-state index is 3.57. The molecule has 1 nitrogen and oxygen atoms in total. The molecule has 0 saturated carbocycles. The fourth-order valence-electron chi connectivity index (χ4n) is 2.18.